The van der Waals surface area contributed by atoms with E-state index in [2.05, 4.69) is 27.0 Å². The number of nitrogens with two attached hydrogens (primary N) is 1. The molecule has 0 fully saturated rings. The highest BCUT2D eigenvalue weighted by atomic mass is 79.9. The summed E-state index contributed by atoms with van der Waals surface area (Å²) in [6, 6.07) is 8.08. The Morgan fingerprint density at radius 1 is 1.38 bits per heavy atom. The average Bonchev–Trinajstić information content (AvgIpc) is 2.18. The molecule has 3 heteroatoms. The van der Waals surface area contributed by atoms with E-state index in [1.54, 1.807) is 0 Å². The van der Waals surface area contributed by atoms with Crippen molar-refractivity contribution >= 4 is 26.7 Å². The Labute approximate surface area is 84.9 Å². The molecule has 66 valence electrons. The minimum atomic E-state index is 0.489. The van der Waals surface area contributed by atoms with Gasteiger partial charge in [0.1, 0.15) is 0 Å². The molecule has 0 aliphatic heterocycles. The molecule has 1 aromatic carbocycles. The van der Waals surface area contributed by atoms with Crippen LogP contribution in [0.2, 0.25) is 0 Å². The van der Waals surface area contributed by atoms with E-state index in [1.807, 2.05) is 24.4 Å². The molecule has 0 unspecified atom stereocenters. The van der Waals surface area contributed by atoms with Gasteiger partial charge in [-0.2, -0.15) is 0 Å². The Bertz CT molecular complexity index is 440. The fourth-order valence-corrected chi connectivity index (χ4v) is 1.78. The molecular weight excluding hydrogens is 228 g/mol. The van der Waals surface area contributed by atoms with Crippen LogP contribution >= 0.6 is 15.9 Å². The van der Waals surface area contributed by atoms with Crippen LogP contribution in [0.1, 0.15) is 5.69 Å². The van der Waals surface area contributed by atoms with Crippen molar-refractivity contribution in [3.05, 3.63) is 40.6 Å². The van der Waals surface area contributed by atoms with E-state index in [-0.39, 0.29) is 0 Å². The van der Waals surface area contributed by atoms with E-state index >= 15 is 0 Å². The number of pyridine rings is 1. The lowest BCUT2D eigenvalue weighted by Crippen LogP contribution is -1.98. The van der Waals surface area contributed by atoms with Gasteiger partial charge in [-0.1, -0.05) is 28.1 Å². The van der Waals surface area contributed by atoms with Gasteiger partial charge in [-0.25, -0.2) is 0 Å². The van der Waals surface area contributed by atoms with E-state index in [1.165, 1.54) is 5.39 Å². The first-order valence-corrected chi connectivity index (χ1v) is 4.84. The first-order valence-electron chi connectivity index (χ1n) is 4.04. The van der Waals surface area contributed by atoms with Crippen molar-refractivity contribution in [2.24, 2.45) is 5.73 Å². The molecule has 0 aliphatic carbocycles. The molecule has 0 saturated heterocycles. The van der Waals surface area contributed by atoms with Gasteiger partial charge in [0, 0.05) is 22.6 Å². The normalized spacial score (nSPS) is 10.6. The third kappa shape index (κ3) is 1.57. The van der Waals surface area contributed by atoms with Crippen LogP contribution in [0, 0.1) is 0 Å². The molecule has 13 heavy (non-hydrogen) atoms. The largest absolute Gasteiger partial charge is 0.325 e. The molecular formula is C10H9BrN2. The molecule has 1 aromatic heterocycles. The summed E-state index contributed by atoms with van der Waals surface area (Å²) in [5, 5.41) is 2.30. The minimum Gasteiger partial charge on any atom is -0.325 e. The van der Waals surface area contributed by atoms with Crippen LogP contribution in [-0.2, 0) is 6.54 Å². The number of aromatic nitrogens is 1. The zero-order chi connectivity index (χ0) is 9.26. The van der Waals surface area contributed by atoms with Gasteiger partial charge in [-0.15, -0.1) is 0 Å². The molecule has 2 N–H and O–H groups in total. The summed E-state index contributed by atoms with van der Waals surface area (Å²) in [4.78, 5) is 4.23. The molecule has 0 saturated carbocycles. The summed E-state index contributed by atoms with van der Waals surface area (Å²) in [5.74, 6) is 0. The lowest BCUT2D eigenvalue weighted by Gasteiger charge is -2.01. The quantitative estimate of drug-likeness (QED) is 0.827. The lowest BCUT2D eigenvalue weighted by atomic mass is 10.1. The maximum absolute atomic E-state index is 5.50. The fraction of sp³-hybridized carbons (Fsp3) is 0.100. The van der Waals surface area contributed by atoms with Crippen LogP contribution in [0.15, 0.2) is 34.9 Å². The Balaban J connectivity index is 2.72. The highest BCUT2D eigenvalue weighted by Gasteiger charge is 1.98. The first-order chi connectivity index (χ1) is 6.31. The Morgan fingerprint density at radius 2 is 2.23 bits per heavy atom. The van der Waals surface area contributed by atoms with Gasteiger partial charge in [0.05, 0.1) is 5.69 Å². The third-order valence-electron chi connectivity index (χ3n) is 1.98. The molecule has 2 nitrogen and oxygen atoms in total. The Hall–Kier alpha value is -0.930. The van der Waals surface area contributed by atoms with Crippen LogP contribution in [-0.4, -0.2) is 4.98 Å². The summed E-state index contributed by atoms with van der Waals surface area (Å²) in [7, 11) is 0. The second-order valence-electron chi connectivity index (χ2n) is 2.84. The van der Waals surface area contributed by atoms with E-state index in [0.717, 1.165) is 15.6 Å². The predicted octanol–water partition coefficient (Wildman–Crippen LogP) is 2.46. The van der Waals surface area contributed by atoms with Gasteiger partial charge in [0.2, 0.25) is 0 Å². The molecule has 0 bridgehead atoms. The highest BCUT2D eigenvalue weighted by molar-refractivity contribution is 9.10. The minimum absolute atomic E-state index is 0.489. The summed E-state index contributed by atoms with van der Waals surface area (Å²) in [6.07, 6.45) is 1.85. The topological polar surface area (TPSA) is 38.9 Å². The number of benzene rings is 1. The number of rotatable bonds is 1. The highest BCUT2D eigenvalue weighted by Crippen LogP contribution is 2.22. The monoisotopic (exact) mass is 236 g/mol. The van der Waals surface area contributed by atoms with Gasteiger partial charge < -0.3 is 5.73 Å². The van der Waals surface area contributed by atoms with Crippen LogP contribution in [0.5, 0.6) is 0 Å². The van der Waals surface area contributed by atoms with Crippen LogP contribution in [0.4, 0.5) is 0 Å². The Kier molecular flexibility index (Phi) is 2.29. The number of nitrogens with zero attached hydrogens (tertiary/aromatic N) is 1. The van der Waals surface area contributed by atoms with E-state index in [4.69, 9.17) is 5.73 Å². The summed E-state index contributed by atoms with van der Waals surface area (Å²) >= 11 is 3.47. The van der Waals surface area contributed by atoms with Crippen molar-refractivity contribution in [3.63, 3.8) is 0 Å². The predicted molar refractivity (Wildman–Crippen MR) is 57.3 cm³/mol. The van der Waals surface area contributed by atoms with E-state index in [0.29, 0.717) is 6.54 Å². The van der Waals surface area contributed by atoms with Crippen molar-refractivity contribution in [3.8, 4) is 0 Å². The molecule has 1 heterocycles. The van der Waals surface area contributed by atoms with Gasteiger partial charge in [0.15, 0.2) is 0 Å². The van der Waals surface area contributed by atoms with Crippen molar-refractivity contribution in [2.45, 2.75) is 6.54 Å². The summed E-state index contributed by atoms with van der Waals surface area (Å²) in [6.45, 7) is 0.489. The van der Waals surface area contributed by atoms with Gasteiger partial charge >= 0.3 is 0 Å². The van der Waals surface area contributed by atoms with Gasteiger partial charge in [-0.3, -0.25) is 4.98 Å². The Morgan fingerprint density at radius 3 is 3.00 bits per heavy atom. The smallest absolute Gasteiger partial charge is 0.0545 e. The maximum atomic E-state index is 5.50. The molecule has 0 amide bonds. The zero-order valence-electron chi connectivity index (χ0n) is 7.00. The summed E-state index contributed by atoms with van der Waals surface area (Å²) < 4.78 is 1.07. The SMILES string of the molecule is NCc1cc2cccc(Br)c2cn1. The van der Waals surface area contributed by atoms with Crippen molar-refractivity contribution < 1.29 is 0 Å². The number of fused-ring (bicyclic) bond motifs is 1. The standard InChI is InChI=1S/C10H9BrN2/c11-10-3-1-2-7-4-8(5-12)13-6-9(7)10/h1-4,6H,5,12H2. The second kappa shape index (κ2) is 3.44. The number of halogens is 1. The second-order valence-corrected chi connectivity index (χ2v) is 3.70. The van der Waals surface area contributed by atoms with Crippen LogP contribution < -0.4 is 5.73 Å². The van der Waals surface area contributed by atoms with Gasteiger partial charge in [0.25, 0.3) is 0 Å². The van der Waals surface area contributed by atoms with Gasteiger partial charge in [-0.05, 0) is 17.5 Å². The number of hydrogen-bond acceptors (Lipinski definition) is 2. The molecule has 0 radical (unpaired) electrons. The van der Waals surface area contributed by atoms with E-state index in [9.17, 15) is 0 Å². The molecule has 0 aliphatic rings. The van der Waals surface area contributed by atoms with Crippen molar-refractivity contribution in [1.82, 2.24) is 4.98 Å². The van der Waals surface area contributed by atoms with Crippen molar-refractivity contribution in [2.75, 3.05) is 0 Å². The average molecular weight is 237 g/mol. The maximum Gasteiger partial charge on any atom is 0.0545 e. The third-order valence-corrected chi connectivity index (χ3v) is 2.67. The fourth-order valence-electron chi connectivity index (χ4n) is 1.29. The molecule has 0 atom stereocenters. The van der Waals surface area contributed by atoms with Crippen molar-refractivity contribution in [1.29, 1.82) is 0 Å². The van der Waals surface area contributed by atoms with Crippen LogP contribution in [0.25, 0.3) is 10.8 Å². The van der Waals surface area contributed by atoms with Crippen LogP contribution in [0.3, 0.4) is 0 Å². The molecule has 2 rings (SSSR count). The van der Waals surface area contributed by atoms with E-state index < -0.39 is 0 Å². The summed E-state index contributed by atoms with van der Waals surface area (Å²) in [5.41, 5.74) is 6.43. The molecule has 0 spiro atoms. The zero-order valence-corrected chi connectivity index (χ0v) is 8.58. The lowest BCUT2D eigenvalue weighted by molar-refractivity contribution is 0.998. The first kappa shape index (κ1) is 8.66. The number of hydrogen-bond donors (Lipinski definition) is 1. The molecule has 2 aromatic rings.